The average Bonchev–Trinajstić information content (AvgIpc) is 3.47. The molecule has 0 amide bonds. The second-order valence-corrected chi connectivity index (χ2v) is 22.7. The summed E-state index contributed by atoms with van der Waals surface area (Å²) in [6, 6.07) is 0. The second-order valence-electron chi connectivity index (χ2n) is 22.7. The maximum absolute atomic E-state index is 13.0. The molecule has 1 unspecified atom stereocenters. The molecule has 0 saturated carbocycles. The standard InChI is InChI=1S/C76H128O6/c1-4-7-10-13-16-19-22-25-28-30-32-34-36-37-38-39-40-42-43-45-48-51-54-57-60-63-66-69-75(78)81-72-73(71-80-74(77)68-65-62-59-56-53-50-47-27-24-21-18-15-12-9-6-3)82-76(79)70-67-64-61-58-55-52-49-46-44-41-35-33-31-29-26-23-20-17-14-11-8-5-2/h7,9-10,12,16,18-19,21,25,27-28,32,34,37-38,40,42,45,47-48,73H,4-6,8,11,13-15,17,20,22-24,26,29-31,33,35-36,39,41,43-44,46,49-72H2,1-3H3/b10-7-,12-9-,19-16-,21-18-,28-25-,34-32-,38-37-,42-40-,47-27-,48-45-. The Labute approximate surface area is 507 Å². The van der Waals surface area contributed by atoms with Gasteiger partial charge >= 0.3 is 17.9 Å². The highest BCUT2D eigenvalue weighted by atomic mass is 16.6. The van der Waals surface area contributed by atoms with Crippen molar-refractivity contribution in [2.24, 2.45) is 0 Å². The molecule has 6 nitrogen and oxygen atoms in total. The largest absolute Gasteiger partial charge is 0.462 e. The smallest absolute Gasteiger partial charge is 0.306 e. The Kier molecular flexibility index (Phi) is 65.8. The van der Waals surface area contributed by atoms with Crippen LogP contribution in [0.2, 0.25) is 0 Å². The first-order valence-electron chi connectivity index (χ1n) is 34.5. The first-order valence-corrected chi connectivity index (χ1v) is 34.5. The van der Waals surface area contributed by atoms with E-state index in [1.54, 1.807) is 0 Å². The average molecular weight is 1140 g/mol. The SMILES string of the molecule is CC/C=C\C/C=C\C/C=C\C/C=C\C/C=C\C/C=C\C/C=C\CCCCCCCC(=O)OCC(COC(=O)CCCCCCC/C=C\C/C=C\C/C=C\CC)OC(=O)CCCCCCCCCCCCCCCCCCCCCCCC. The quantitative estimate of drug-likeness (QED) is 0.0261. The lowest BCUT2D eigenvalue weighted by Gasteiger charge is -2.18. The molecule has 6 heteroatoms. The highest BCUT2D eigenvalue weighted by Crippen LogP contribution is 2.17. The minimum absolute atomic E-state index is 0.0932. The molecule has 0 aliphatic carbocycles. The number of esters is 3. The predicted molar refractivity (Wildman–Crippen MR) is 357 cm³/mol. The summed E-state index contributed by atoms with van der Waals surface area (Å²) < 4.78 is 17.0. The fraction of sp³-hybridized carbons (Fsp3) is 0.697. The molecule has 0 saturated heterocycles. The van der Waals surface area contributed by atoms with E-state index in [1.807, 2.05) is 0 Å². The van der Waals surface area contributed by atoms with Gasteiger partial charge in [-0.05, 0) is 109 Å². The molecule has 0 fully saturated rings. The van der Waals surface area contributed by atoms with Gasteiger partial charge in [0.25, 0.3) is 0 Å². The maximum atomic E-state index is 13.0. The lowest BCUT2D eigenvalue weighted by Crippen LogP contribution is -2.30. The highest BCUT2D eigenvalue weighted by Gasteiger charge is 2.19. The zero-order valence-electron chi connectivity index (χ0n) is 53.7. The summed E-state index contributed by atoms with van der Waals surface area (Å²) in [6.07, 6.45) is 96.4. The Morgan fingerprint density at radius 3 is 0.744 bits per heavy atom. The number of carbonyl (C=O) groups is 3. The van der Waals surface area contributed by atoms with Crippen molar-refractivity contribution in [3.05, 3.63) is 122 Å². The molecular formula is C76H128O6. The van der Waals surface area contributed by atoms with E-state index in [0.29, 0.717) is 19.3 Å². The third-order valence-electron chi connectivity index (χ3n) is 14.7. The van der Waals surface area contributed by atoms with Crippen LogP contribution in [-0.2, 0) is 28.6 Å². The summed E-state index contributed by atoms with van der Waals surface area (Å²) in [5.41, 5.74) is 0. The van der Waals surface area contributed by atoms with Gasteiger partial charge in [0.1, 0.15) is 13.2 Å². The van der Waals surface area contributed by atoms with Crippen molar-refractivity contribution in [2.75, 3.05) is 13.2 Å². The first kappa shape index (κ1) is 77.8. The van der Waals surface area contributed by atoms with Gasteiger partial charge in [-0.15, -0.1) is 0 Å². The van der Waals surface area contributed by atoms with Crippen LogP contribution in [0.5, 0.6) is 0 Å². The van der Waals surface area contributed by atoms with E-state index in [1.165, 1.54) is 122 Å². The van der Waals surface area contributed by atoms with Gasteiger partial charge in [0, 0.05) is 19.3 Å². The van der Waals surface area contributed by atoms with Crippen molar-refractivity contribution in [2.45, 2.75) is 329 Å². The Balaban J connectivity index is 4.39. The van der Waals surface area contributed by atoms with Crippen molar-refractivity contribution >= 4 is 17.9 Å². The van der Waals surface area contributed by atoms with Gasteiger partial charge < -0.3 is 14.2 Å². The minimum atomic E-state index is -0.797. The summed E-state index contributed by atoms with van der Waals surface area (Å²) >= 11 is 0. The van der Waals surface area contributed by atoms with Gasteiger partial charge in [0.2, 0.25) is 0 Å². The van der Waals surface area contributed by atoms with Gasteiger partial charge in [-0.25, -0.2) is 0 Å². The van der Waals surface area contributed by atoms with Gasteiger partial charge in [-0.2, -0.15) is 0 Å². The van der Waals surface area contributed by atoms with Crippen LogP contribution in [0.25, 0.3) is 0 Å². The van der Waals surface area contributed by atoms with Gasteiger partial charge in [0.05, 0.1) is 0 Å². The summed E-state index contributed by atoms with van der Waals surface area (Å²) in [6.45, 7) is 6.42. The number of rotatable bonds is 62. The normalized spacial score (nSPS) is 12.9. The molecule has 1 atom stereocenters. The number of hydrogen-bond donors (Lipinski definition) is 0. The zero-order valence-corrected chi connectivity index (χ0v) is 53.7. The molecule has 0 radical (unpaired) electrons. The van der Waals surface area contributed by atoms with Crippen molar-refractivity contribution in [3.63, 3.8) is 0 Å². The third-order valence-corrected chi connectivity index (χ3v) is 14.7. The van der Waals surface area contributed by atoms with Crippen LogP contribution < -0.4 is 0 Å². The molecule has 0 aromatic carbocycles. The molecule has 0 aromatic heterocycles. The van der Waals surface area contributed by atoms with Crippen LogP contribution in [-0.4, -0.2) is 37.2 Å². The monoisotopic (exact) mass is 1140 g/mol. The molecule has 0 aliphatic rings. The fourth-order valence-corrected chi connectivity index (χ4v) is 9.62. The molecule has 468 valence electrons. The van der Waals surface area contributed by atoms with E-state index in [9.17, 15) is 14.4 Å². The number of allylic oxidation sites excluding steroid dienone is 20. The van der Waals surface area contributed by atoms with Gasteiger partial charge in [0.15, 0.2) is 6.10 Å². The van der Waals surface area contributed by atoms with Crippen LogP contribution in [0.4, 0.5) is 0 Å². The summed E-state index contributed by atoms with van der Waals surface area (Å²) in [4.78, 5) is 38.4. The summed E-state index contributed by atoms with van der Waals surface area (Å²) in [5, 5.41) is 0. The van der Waals surface area contributed by atoms with Crippen molar-refractivity contribution in [1.29, 1.82) is 0 Å². The van der Waals surface area contributed by atoms with Gasteiger partial charge in [-0.1, -0.05) is 316 Å². The number of hydrogen-bond acceptors (Lipinski definition) is 6. The number of unbranched alkanes of at least 4 members (excludes halogenated alkanes) is 31. The lowest BCUT2D eigenvalue weighted by atomic mass is 10.0. The lowest BCUT2D eigenvalue weighted by molar-refractivity contribution is -0.167. The van der Waals surface area contributed by atoms with Crippen molar-refractivity contribution in [3.8, 4) is 0 Å². The van der Waals surface area contributed by atoms with E-state index in [-0.39, 0.29) is 31.1 Å². The van der Waals surface area contributed by atoms with E-state index >= 15 is 0 Å². The van der Waals surface area contributed by atoms with E-state index < -0.39 is 6.10 Å². The molecule has 0 aromatic rings. The van der Waals surface area contributed by atoms with Crippen LogP contribution >= 0.6 is 0 Å². The van der Waals surface area contributed by atoms with Crippen molar-refractivity contribution < 1.29 is 28.6 Å². The van der Waals surface area contributed by atoms with Crippen LogP contribution in [0.15, 0.2) is 122 Å². The summed E-state index contributed by atoms with van der Waals surface area (Å²) in [7, 11) is 0. The second kappa shape index (κ2) is 69.3. The van der Waals surface area contributed by atoms with Crippen LogP contribution in [0, 0.1) is 0 Å². The molecule has 0 spiro atoms. The Morgan fingerprint density at radius 1 is 0.256 bits per heavy atom. The Morgan fingerprint density at radius 2 is 0.476 bits per heavy atom. The molecule has 82 heavy (non-hydrogen) atoms. The van der Waals surface area contributed by atoms with Crippen LogP contribution in [0.1, 0.15) is 323 Å². The highest BCUT2D eigenvalue weighted by molar-refractivity contribution is 5.71. The fourth-order valence-electron chi connectivity index (χ4n) is 9.62. The van der Waals surface area contributed by atoms with E-state index in [2.05, 4.69) is 142 Å². The summed E-state index contributed by atoms with van der Waals surface area (Å²) in [5.74, 6) is -0.916. The predicted octanol–water partition coefficient (Wildman–Crippen LogP) is 23.9. The first-order chi connectivity index (χ1) is 40.5. The van der Waals surface area contributed by atoms with E-state index in [4.69, 9.17) is 14.2 Å². The van der Waals surface area contributed by atoms with Gasteiger partial charge in [-0.3, -0.25) is 14.4 Å². The minimum Gasteiger partial charge on any atom is -0.462 e. The maximum Gasteiger partial charge on any atom is 0.306 e. The molecule has 0 heterocycles. The number of ether oxygens (including phenoxy) is 3. The van der Waals surface area contributed by atoms with E-state index in [0.717, 1.165) is 161 Å². The molecule has 0 N–H and O–H groups in total. The third kappa shape index (κ3) is 66.6. The Bertz CT molecular complexity index is 1690. The Hall–Kier alpha value is -4.19. The molecule has 0 bridgehead atoms. The van der Waals surface area contributed by atoms with Crippen LogP contribution in [0.3, 0.4) is 0 Å². The zero-order chi connectivity index (χ0) is 59.2. The van der Waals surface area contributed by atoms with Crippen molar-refractivity contribution in [1.82, 2.24) is 0 Å². The molecular weight excluding hydrogens is 1010 g/mol. The molecule has 0 aliphatic heterocycles. The number of carbonyl (C=O) groups excluding carboxylic acids is 3. The molecule has 0 rings (SSSR count). The topological polar surface area (TPSA) is 78.9 Å².